The average Bonchev–Trinajstić information content (AvgIpc) is 2.44. The summed E-state index contributed by atoms with van der Waals surface area (Å²) in [6, 6.07) is 2.71. The van der Waals surface area contributed by atoms with Gasteiger partial charge in [0.05, 0.1) is 22.6 Å². The summed E-state index contributed by atoms with van der Waals surface area (Å²) < 4.78 is 4.65. The van der Waals surface area contributed by atoms with E-state index in [-0.39, 0.29) is 22.2 Å². The quantitative estimate of drug-likeness (QED) is 0.491. The van der Waals surface area contributed by atoms with Gasteiger partial charge < -0.3 is 10.1 Å². The lowest BCUT2D eigenvalue weighted by Gasteiger charge is -2.18. The maximum absolute atomic E-state index is 12.2. The van der Waals surface area contributed by atoms with Gasteiger partial charge >= 0.3 is 5.97 Å². The highest BCUT2D eigenvalue weighted by atomic mass is 35.5. The topological polar surface area (TPSA) is 98.5 Å². The molecule has 120 valence electrons. The zero-order valence-corrected chi connectivity index (χ0v) is 13.2. The van der Waals surface area contributed by atoms with Crippen LogP contribution in [0.3, 0.4) is 0 Å². The van der Waals surface area contributed by atoms with E-state index in [4.69, 9.17) is 11.6 Å². The first-order valence-corrected chi connectivity index (χ1v) is 6.96. The van der Waals surface area contributed by atoms with E-state index in [9.17, 15) is 19.7 Å². The molecule has 0 spiro atoms. The Balaban J connectivity index is 2.94. The Morgan fingerprint density at radius 1 is 1.41 bits per heavy atom. The van der Waals surface area contributed by atoms with E-state index in [1.165, 1.54) is 19.2 Å². The molecule has 0 aliphatic carbocycles. The maximum atomic E-state index is 12.2. The monoisotopic (exact) mass is 328 g/mol. The molecule has 1 atom stereocenters. The number of nitrogens with one attached hydrogen (secondary N) is 1. The van der Waals surface area contributed by atoms with E-state index in [0.717, 1.165) is 6.07 Å². The lowest BCUT2D eigenvalue weighted by atomic mass is 10.0. The number of methoxy groups -OCH3 is 1. The van der Waals surface area contributed by atoms with E-state index < -0.39 is 22.8 Å². The molecule has 0 radical (unpaired) electrons. The molecule has 1 amide bonds. The van der Waals surface area contributed by atoms with Crippen LogP contribution in [0.15, 0.2) is 18.2 Å². The van der Waals surface area contributed by atoms with Gasteiger partial charge in [-0.25, -0.2) is 4.79 Å². The van der Waals surface area contributed by atoms with Crippen molar-refractivity contribution in [3.63, 3.8) is 0 Å². The highest BCUT2D eigenvalue weighted by Gasteiger charge is 2.24. The Bertz CT molecular complexity index is 589. The molecule has 0 saturated carbocycles. The number of nitro benzene ring substituents is 1. The minimum Gasteiger partial charge on any atom is -0.467 e. The SMILES string of the molecule is COC(=O)[C@H](CC(C)C)NC(=O)c1ccc([N+](=O)[O-])cc1Cl. The number of esters is 1. The number of rotatable bonds is 6. The summed E-state index contributed by atoms with van der Waals surface area (Å²) in [6.45, 7) is 3.81. The fourth-order valence-corrected chi connectivity index (χ4v) is 2.13. The molecule has 0 saturated heterocycles. The molecule has 0 aromatic heterocycles. The summed E-state index contributed by atoms with van der Waals surface area (Å²) in [7, 11) is 1.24. The Morgan fingerprint density at radius 2 is 2.05 bits per heavy atom. The van der Waals surface area contributed by atoms with E-state index in [1.54, 1.807) is 0 Å². The van der Waals surface area contributed by atoms with Crippen molar-refractivity contribution in [3.8, 4) is 0 Å². The van der Waals surface area contributed by atoms with E-state index in [1.807, 2.05) is 13.8 Å². The smallest absolute Gasteiger partial charge is 0.328 e. The first-order chi connectivity index (χ1) is 10.3. The summed E-state index contributed by atoms with van der Waals surface area (Å²) in [5.41, 5.74) is -0.154. The molecular formula is C14H17ClN2O5. The number of nitrogens with zero attached hydrogens (tertiary/aromatic N) is 1. The molecule has 0 aliphatic rings. The van der Waals surface area contributed by atoms with E-state index in [2.05, 4.69) is 10.1 Å². The van der Waals surface area contributed by atoms with Gasteiger partial charge in [-0.05, 0) is 18.4 Å². The summed E-state index contributed by atoms with van der Waals surface area (Å²) in [5.74, 6) is -0.979. The highest BCUT2D eigenvalue weighted by molar-refractivity contribution is 6.34. The molecule has 0 unspecified atom stereocenters. The molecule has 22 heavy (non-hydrogen) atoms. The molecule has 0 heterocycles. The fraction of sp³-hybridized carbons (Fsp3) is 0.429. The summed E-state index contributed by atoms with van der Waals surface area (Å²) in [4.78, 5) is 33.9. The van der Waals surface area contributed by atoms with Gasteiger partial charge in [0.2, 0.25) is 0 Å². The molecule has 0 aliphatic heterocycles. The predicted molar refractivity (Wildman–Crippen MR) is 80.8 cm³/mol. The van der Waals surface area contributed by atoms with Crippen LogP contribution in [-0.2, 0) is 9.53 Å². The zero-order valence-electron chi connectivity index (χ0n) is 12.5. The second-order valence-electron chi connectivity index (χ2n) is 5.10. The number of halogens is 1. The molecule has 1 N–H and O–H groups in total. The van der Waals surface area contributed by atoms with Gasteiger partial charge in [0.1, 0.15) is 6.04 Å². The average molecular weight is 329 g/mol. The normalized spacial score (nSPS) is 11.9. The Kier molecular flexibility index (Phi) is 6.30. The molecule has 1 aromatic rings. The van der Waals surface area contributed by atoms with Crippen molar-refractivity contribution in [1.82, 2.24) is 5.32 Å². The van der Waals surface area contributed by atoms with Crippen LogP contribution in [0.5, 0.6) is 0 Å². The van der Waals surface area contributed by atoms with Crippen LogP contribution in [0, 0.1) is 16.0 Å². The first-order valence-electron chi connectivity index (χ1n) is 6.58. The van der Waals surface area contributed by atoms with Crippen molar-refractivity contribution in [3.05, 3.63) is 38.9 Å². The van der Waals surface area contributed by atoms with Gasteiger partial charge in [-0.2, -0.15) is 0 Å². The number of carbonyl (C=O) groups is 2. The molecule has 7 nitrogen and oxygen atoms in total. The number of benzene rings is 1. The van der Waals surface area contributed by atoms with Gasteiger partial charge in [-0.3, -0.25) is 14.9 Å². The third-order valence-corrected chi connectivity index (χ3v) is 3.22. The van der Waals surface area contributed by atoms with E-state index in [0.29, 0.717) is 6.42 Å². The minimum absolute atomic E-state index is 0.0557. The first kappa shape index (κ1) is 17.9. The van der Waals surface area contributed by atoms with Crippen LogP contribution in [0.25, 0.3) is 0 Å². The predicted octanol–water partition coefficient (Wildman–Crippen LogP) is 2.57. The number of hydrogen-bond acceptors (Lipinski definition) is 5. The Morgan fingerprint density at radius 3 is 2.50 bits per heavy atom. The lowest BCUT2D eigenvalue weighted by molar-refractivity contribution is -0.384. The van der Waals surface area contributed by atoms with Gasteiger partial charge in [0.15, 0.2) is 0 Å². The Hall–Kier alpha value is -2.15. The standard InChI is InChI=1S/C14H17ClN2O5/c1-8(2)6-12(14(19)22-3)16-13(18)10-5-4-9(17(20)21)7-11(10)15/h4-5,7-8,12H,6H2,1-3H3,(H,16,18)/t12-/m0/s1. The van der Waals surface area contributed by atoms with E-state index >= 15 is 0 Å². The van der Waals surface area contributed by atoms with Crippen molar-refractivity contribution < 1.29 is 19.2 Å². The fourth-order valence-electron chi connectivity index (χ4n) is 1.87. The Labute approximate surface area is 132 Å². The maximum Gasteiger partial charge on any atom is 0.328 e. The third kappa shape index (κ3) is 4.70. The van der Waals surface area contributed by atoms with Crippen molar-refractivity contribution in [2.24, 2.45) is 5.92 Å². The third-order valence-electron chi connectivity index (χ3n) is 2.91. The van der Waals surface area contributed by atoms with Gasteiger partial charge in [-0.15, -0.1) is 0 Å². The van der Waals surface area contributed by atoms with Crippen LogP contribution in [0.1, 0.15) is 30.6 Å². The number of hydrogen-bond donors (Lipinski definition) is 1. The second kappa shape index (κ2) is 7.74. The molecule has 8 heteroatoms. The second-order valence-corrected chi connectivity index (χ2v) is 5.51. The zero-order chi connectivity index (χ0) is 16.9. The molecule has 0 fully saturated rings. The number of non-ortho nitro benzene ring substituents is 1. The molecule has 0 bridgehead atoms. The number of carbonyl (C=O) groups excluding carboxylic acids is 2. The lowest BCUT2D eigenvalue weighted by Crippen LogP contribution is -2.42. The van der Waals surface area contributed by atoms with Gasteiger partial charge in [-0.1, -0.05) is 25.4 Å². The minimum atomic E-state index is -0.802. The number of nitro groups is 1. The summed E-state index contributed by atoms with van der Waals surface area (Å²) in [6.07, 6.45) is 0.406. The van der Waals surface area contributed by atoms with Gasteiger partial charge in [0, 0.05) is 12.1 Å². The summed E-state index contributed by atoms with van der Waals surface area (Å²) in [5, 5.41) is 13.1. The van der Waals surface area contributed by atoms with Crippen molar-refractivity contribution in [1.29, 1.82) is 0 Å². The van der Waals surface area contributed by atoms with Crippen LogP contribution >= 0.6 is 11.6 Å². The van der Waals surface area contributed by atoms with Crippen molar-refractivity contribution in [2.75, 3.05) is 7.11 Å². The largest absolute Gasteiger partial charge is 0.467 e. The van der Waals surface area contributed by atoms with Crippen LogP contribution in [-0.4, -0.2) is 30.0 Å². The summed E-state index contributed by atoms with van der Waals surface area (Å²) >= 11 is 5.89. The highest BCUT2D eigenvalue weighted by Crippen LogP contribution is 2.22. The molecule has 1 aromatic carbocycles. The van der Waals surface area contributed by atoms with Crippen LogP contribution in [0.4, 0.5) is 5.69 Å². The van der Waals surface area contributed by atoms with Crippen molar-refractivity contribution in [2.45, 2.75) is 26.3 Å². The molecular weight excluding hydrogens is 312 g/mol. The number of ether oxygens (including phenoxy) is 1. The van der Waals surface area contributed by atoms with Gasteiger partial charge in [0.25, 0.3) is 11.6 Å². The van der Waals surface area contributed by atoms with Crippen molar-refractivity contribution >= 4 is 29.2 Å². The molecule has 1 rings (SSSR count). The number of amides is 1. The van der Waals surface area contributed by atoms with Crippen LogP contribution < -0.4 is 5.32 Å². The van der Waals surface area contributed by atoms with Crippen LogP contribution in [0.2, 0.25) is 5.02 Å².